The standard InChI is InChI=1S/C23H24N2O5S/c1-5-14(2)30-19-11-10-15(13-20(19)29-4)12-16-21(26)24-23(31)25(22(16)27)17-8-6-7-9-18(17)28-3/h6-14H,5H2,1-4H3,(H,24,26,31)/b16-12+/t14-/m1/s1. The number of amides is 2. The molecule has 162 valence electrons. The quantitative estimate of drug-likeness (QED) is 0.402. The van der Waals surface area contributed by atoms with Crippen LogP contribution < -0.4 is 24.4 Å². The van der Waals surface area contributed by atoms with Gasteiger partial charge in [0.05, 0.1) is 26.0 Å². The Kier molecular flexibility index (Phi) is 6.91. The van der Waals surface area contributed by atoms with Crippen LogP contribution in [0.4, 0.5) is 5.69 Å². The second kappa shape index (κ2) is 9.61. The van der Waals surface area contributed by atoms with E-state index in [9.17, 15) is 9.59 Å². The molecule has 0 saturated carbocycles. The number of hydrogen-bond donors (Lipinski definition) is 1. The molecule has 8 heteroatoms. The van der Waals surface area contributed by atoms with Crippen LogP contribution in [0.2, 0.25) is 0 Å². The molecule has 1 N–H and O–H groups in total. The molecule has 0 spiro atoms. The minimum Gasteiger partial charge on any atom is -0.495 e. The van der Waals surface area contributed by atoms with E-state index < -0.39 is 11.8 Å². The van der Waals surface area contributed by atoms with Crippen LogP contribution in [0.5, 0.6) is 17.2 Å². The van der Waals surface area contributed by atoms with Gasteiger partial charge >= 0.3 is 0 Å². The van der Waals surface area contributed by atoms with Crippen LogP contribution >= 0.6 is 12.2 Å². The third kappa shape index (κ3) is 4.69. The number of para-hydroxylation sites is 2. The van der Waals surface area contributed by atoms with Crippen molar-refractivity contribution >= 4 is 40.9 Å². The fourth-order valence-electron chi connectivity index (χ4n) is 3.03. The predicted octanol–water partition coefficient (Wildman–Crippen LogP) is 3.71. The fraction of sp³-hybridized carbons (Fsp3) is 0.261. The number of benzene rings is 2. The summed E-state index contributed by atoms with van der Waals surface area (Å²) >= 11 is 5.25. The molecule has 0 radical (unpaired) electrons. The summed E-state index contributed by atoms with van der Waals surface area (Å²) in [6, 6.07) is 12.2. The lowest BCUT2D eigenvalue weighted by Crippen LogP contribution is -2.54. The number of hydrogen-bond acceptors (Lipinski definition) is 6. The van der Waals surface area contributed by atoms with Crippen molar-refractivity contribution in [3.8, 4) is 17.2 Å². The molecule has 7 nitrogen and oxygen atoms in total. The lowest BCUT2D eigenvalue weighted by atomic mass is 10.1. The maximum atomic E-state index is 13.2. The van der Waals surface area contributed by atoms with Crippen molar-refractivity contribution < 1.29 is 23.8 Å². The Morgan fingerprint density at radius 3 is 2.45 bits per heavy atom. The molecule has 2 aromatic rings. The summed E-state index contributed by atoms with van der Waals surface area (Å²) in [4.78, 5) is 27.0. The second-order valence-corrected chi connectivity index (χ2v) is 7.26. The van der Waals surface area contributed by atoms with Crippen molar-refractivity contribution in [3.63, 3.8) is 0 Å². The van der Waals surface area contributed by atoms with Crippen LogP contribution in [0.1, 0.15) is 25.8 Å². The molecule has 0 bridgehead atoms. The molecule has 0 aliphatic carbocycles. The molecule has 1 saturated heterocycles. The van der Waals surface area contributed by atoms with Gasteiger partial charge in [0.1, 0.15) is 11.3 Å². The fourth-order valence-corrected chi connectivity index (χ4v) is 3.30. The van der Waals surface area contributed by atoms with Gasteiger partial charge in [0.25, 0.3) is 11.8 Å². The van der Waals surface area contributed by atoms with E-state index in [2.05, 4.69) is 5.32 Å². The first kappa shape index (κ1) is 22.3. The van der Waals surface area contributed by atoms with Crippen LogP contribution in [0.3, 0.4) is 0 Å². The monoisotopic (exact) mass is 440 g/mol. The molecule has 31 heavy (non-hydrogen) atoms. The number of carbonyl (C=O) groups is 2. The van der Waals surface area contributed by atoms with Gasteiger partial charge in [-0.1, -0.05) is 25.1 Å². The number of thiocarbonyl (C=S) groups is 1. The van der Waals surface area contributed by atoms with E-state index >= 15 is 0 Å². The molecule has 1 aliphatic rings. The van der Waals surface area contributed by atoms with Gasteiger partial charge in [-0.15, -0.1) is 0 Å². The highest BCUT2D eigenvalue weighted by molar-refractivity contribution is 7.80. The van der Waals surface area contributed by atoms with E-state index in [1.807, 2.05) is 13.8 Å². The first-order valence-corrected chi connectivity index (χ1v) is 10.2. The van der Waals surface area contributed by atoms with Gasteiger partial charge < -0.3 is 14.2 Å². The molecule has 1 aliphatic heterocycles. The zero-order valence-corrected chi connectivity index (χ0v) is 18.6. The highest BCUT2D eigenvalue weighted by Gasteiger charge is 2.35. The van der Waals surface area contributed by atoms with E-state index in [-0.39, 0.29) is 16.8 Å². The van der Waals surface area contributed by atoms with Crippen molar-refractivity contribution in [1.29, 1.82) is 0 Å². The second-order valence-electron chi connectivity index (χ2n) is 6.88. The molecule has 1 heterocycles. The zero-order chi connectivity index (χ0) is 22.5. The summed E-state index contributed by atoms with van der Waals surface area (Å²) in [5.41, 5.74) is 0.998. The number of carbonyl (C=O) groups excluding carboxylic acids is 2. The van der Waals surface area contributed by atoms with Crippen LogP contribution in [-0.4, -0.2) is 37.3 Å². The summed E-state index contributed by atoms with van der Waals surface area (Å²) in [6.45, 7) is 4.00. The van der Waals surface area contributed by atoms with Crippen molar-refractivity contribution in [3.05, 3.63) is 53.6 Å². The van der Waals surface area contributed by atoms with E-state index in [4.69, 9.17) is 26.4 Å². The van der Waals surface area contributed by atoms with Crippen molar-refractivity contribution in [2.24, 2.45) is 0 Å². The Bertz CT molecular complexity index is 1050. The Balaban J connectivity index is 1.98. The zero-order valence-electron chi connectivity index (χ0n) is 17.8. The Morgan fingerprint density at radius 2 is 1.77 bits per heavy atom. The topological polar surface area (TPSA) is 77.1 Å². The molecular formula is C23H24N2O5S. The van der Waals surface area contributed by atoms with E-state index in [1.165, 1.54) is 25.2 Å². The number of anilines is 1. The lowest BCUT2D eigenvalue weighted by molar-refractivity contribution is -0.122. The maximum absolute atomic E-state index is 13.2. The molecular weight excluding hydrogens is 416 g/mol. The number of rotatable bonds is 7. The third-order valence-electron chi connectivity index (χ3n) is 4.83. The van der Waals surface area contributed by atoms with E-state index in [0.717, 1.165) is 6.42 Å². The summed E-state index contributed by atoms with van der Waals surface area (Å²) in [6.07, 6.45) is 2.37. The highest BCUT2D eigenvalue weighted by Crippen LogP contribution is 2.33. The van der Waals surface area contributed by atoms with Crippen molar-refractivity contribution in [2.45, 2.75) is 26.4 Å². The van der Waals surface area contributed by atoms with Crippen LogP contribution in [0.15, 0.2) is 48.0 Å². The van der Waals surface area contributed by atoms with Gasteiger partial charge in [-0.05, 0) is 61.5 Å². The molecule has 2 aromatic carbocycles. The number of nitrogens with zero attached hydrogens (tertiary/aromatic N) is 1. The van der Waals surface area contributed by atoms with E-state index in [1.54, 1.807) is 42.5 Å². The molecule has 1 fully saturated rings. The number of methoxy groups -OCH3 is 2. The molecule has 2 amide bonds. The van der Waals surface area contributed by atoms with Crippen molar-refractivity contribution in [1.82, 2.24) is 5.32 Å². The van der Waals surface area contributed by atoms with Crippen LogP contribution in [0.25, 0.3) is 6.08 Å². The van der Waals surface area contributed by atoms with Crippen molar-refractivity contribution in [2.75, 3.05) is 19.1 Å². The summed E-state index contributed by atoms with van der Waals surface area (Å²) < 4.78 is 16.6. The minimum absolute atomic E-state index is 0.00784. The Hall–Kier alpha value is -3.39. The average molecular weight is 441 g/mol. The maximum Gasteiger partial charge on any atom is 0.270 e. The lowest BCUT2D eigenvalue weighted by Gasteiger charge is -2.29. The Morgan fingerprint density at radius 1 is 1.06 bits per heavy atom. The summed E-state index contributed by atoms with van der Waals surface area (Å²) in [7, 11) is 3.04. The van der Waals surface area contributed by atoms with Gasteiger partial charge in [0.15, 0.2) is 16.6 Å². The smallest absolute Gasteiger partial charge is 0.270 e. The van der Waals surface area contributed by atoms with Gasteiger partial charge in [0.2, 0.25) is 0 Å². The highest BCUT2D eigenvalue weighted by atomic mass is 32.1. The average Bonchev–Trinajstić information content (AvgIpc) is 2.77. The minimum atomic E-state index is -0.569. The SMILES string of the molecule is CC[C@@H](C)Oc1ccc(/C=C2\C(=O)NC(=S)N(c3ccccc3OC)C2=O)cc1OC. The molecule has 0 aromatic heterocycles. The summed E-state index contributed by atoms with van der Waals surface area (Å²) in [5, 5.41) is 2.56. The number of nitrogens with one attached hydrogen (secondary N) is 1. The normalized spacial score (nSPS) is 16.2. The third-order valence-corrected chi connectivity index (χ3v) is 5.11. The van der Waals surface area contributed by atoms with Gasteiger partial charge in [-0.3, -0.25) is 14.9 Å². The molecule has 0 unspecified atom stereocenters. The van der Waals surface area contributed by atoms with E-state index in [0.29, 0.717) is 28.5 Å². The first-order chi connectivity index (χ1) is 14.9. The Labute approximate surface area is 186 Å². The molecule has 3 rings (SSSR count). The largest absolute Gasteiger partial charge is 0.495 e. The van der Waals surface area contributed by atoms with Gasteiger partial charge in [0, 0.05) is 0 Å². The van der Waals surface area contributed by atoms with Gasteiger partial charge in [-0.25, -0.2) is 4.90 Å². The van der Waals surface area contributed by atoms with Gasteiger partial charge in [-0.2, -0.15) is 0 Å². The predicted molar refractivity (Wildman–Crippen MR) is 123 cm³/mol. The van der Waals surface area contributed by atoms with Crippen LogP contribution in [-0.2, 0) is 9.59 Å². The van der Waals surface area contributed by atoms with Crippen LogP contribution in [0, 0.1) is 0 Å². The summed E-state index contributed by atoms with van der Waals surface area (Å²) in [5.74, 6) is 0.449. The molecule has 1 atom stereocenters. The number of ether oxygens (including phenoxy) is 3. The first-order valence-electron chi connectivity index (χ1n) is 9.78.